The minimum absolute atomic E-state index is 0.154. The molecular weight excluding hydrogens is 386 g/mol. The number of carbonyl (C=O) groups is 1. The van der Waals surface area contributed by atoms with Crippen LogP contribution in [0.4, 0.5) is 0 Å². The maximum atomic E-state index is 12.4. The first-order chi connectivity index (χ1) is 13.5. The van der Waals surface area contributed by atoms with Crippen LogP contribution >= 0.6 is 11.6 Å². The number of rotatable bonds is 5. The standard InChI is InChI=1S/C23H28ClN3O2/c1-7-12-23(6,21(28)29)19-14(2)25-18-13-17(22(3,4)5)26-27(18)20(19)15-8-10-16(24)11-9-15/h8-11,13H,7,12H2,1-6H3,(H,28,29). The Balaban J connectivity index is 2.47. The molecule has 0 spiro atoms. The molecule has 1 N–H and O–H groups in total. The molecule has 3 rings (SSSR count). The Morgan fingerprint density at radius 1 is 1.17 bits per heavy atom. The van der Waals surface area contributed by atoms with Gasteiger partial charge in [-0.25, -0.2) is 9.50 Å². The third kappa shape index (κ3) is 3.76. The first-order valence-corrected chi connectivity index (χ1v) is 10.3. The van der Waals surface area contributed by atoms with Gasteiger partial charge >= 0.3 is 5.97 Å². The third-order valence-corrected chi connectivity index (χ3v) is 5.70. The number of aliphatic carboxylic acids is 1. The number of hydrogen-bond donors (Lipinski definition) is 1. The van der Waals surface area contributed by atoms with Crippen LogP contribution in [0, 0.1) is 6.92 Å². The van der Waals surface area contributed by atoms with Gasteiger partial charge in [-0.2, -0.15) is 5.10 Å². The topological polar surface area (TPSA) is 67.5 Å². The summed E-state index contributed by atoms with van der Waals surface area (Å²) in [6.07, 6.45) is 1.25. The third-order valence-electron chi connectivity index (χ3n) is 5.44. The van der Waals surface area contributed by atoms with Crippen molar-refractivity contribution in [1.82, 2.24) is 14.6 Å². The number of nitrogens with zero attached hydrogens (tertiary/aromatic N) is 3. The number of aryl methyl sites for hydroxylation is 1. The molecule has 3 aromatic rings. The van der Waals surface area contributed by atoms with Gasteiger partial charge in [0.1, 0.15) is 0 Å². The van der Waals surface area contributed by atoms with E-state index in [0.29, 0.717) is 28.3 Å². The van der Waals surface area contributed by atoms with Crippen molar-refractivity contribution < 1.29 is 9.90 Å². The smallest absolute Gasteiger partial charge is 0.313 e. The zero-order valence-electron chi connectivity index (χ0n) is 17.9. The zero-order chi connectivity index (χ0) is 21.6. The van der Waals surface area contributed by atoms with E-state index >= 15 is 0 Å². The Bertz CT molecular complexity index is 1060. The van der Waals surface area contributed by atoms with E-state index in [1.807, 2.05) is 44.2 Å². The van der Waals surface area contributed by atoms with Crippen molar-refractivity contribution >= 4 is 23.2 Å². The predicted molar refractivity (Wildman–Crippen MR) is 117 cm³/mol. The Labute approximate surface area is 176 Å². The van der Waals surface area contributed by atoms with Crippen molar-refractivity contribution in [1.29, 1.82) is 0 Å². The second-order valence-corrected chi connectivity index (χ2v) is 9.30. The van der Waals surface area contributed by atoms with E-state index in [2.05, 4.69) is 20.8 Å². The van der Waals surface area contributed by atoms with Gasteiger partial charge in [-0.1, -0.05) is 57.8 Å². The molecule has 5 nitrogen and oxygen atoms in total. The molecule has 0 amide bonds. The van der Waals surface area contributed by atoms with Gasteiger partial charge in [0.25, 0.3) is 0 Å². The molecule has 0 fully saturated rings. The summed E-state index contributed by atoms with van der Waals surface area (Å²) in [6, 6.07) is 9.43. The number of fused-ring (bicyclic) bond motifs is 1. The minimum atomic E-state index is -1.08. The molecule has 0 aliphatic heterocycles. The molecule has 6 heteroatoms. The van der Waals surface area contributed by atoms with Crippen molar-refractivity contribution in [2.45, 2.75) is 65.2 Å². The lowest BCUT2D eigenvalue weighted by Gasteiger charge is -2.29. The summed E-state index contributed by atoms with van der Waals surface area (Å²) in [5, 5.41) is 15.7. The summed E-state index contributed by atoms with van der Waals surface area (Å²) in [5.74, 6) is -0.859. The molecule has 0 aliphatic rings. The average Bonchev–Trinajstić information content (AvgIpc) is 3.05. The molecule has 0 saturated carbocycles. The normalized spacial score (nSPS) is 14.2. The lowest BCUT2D eigenvalue weighted by Crippen LogP contribution is -2.35. The summed E-state index contributed by atoms with van der Waals surface area (Å²) in [7, 11) is 0. The lowest BCUT2D eigenvalue weighted by atomic mass is 9.76. The highest BCUT2D eigenvalue weighted by atomic mass is 35.5. The summed E-state index contributed by atoms with van der Waals surface area (Å²) >= 11 is 6.11. The fourth-order valence-electron chi connectivity index (χ4n) is 3.86. The lowest BCUT2D eigenvalue weighted by molar-refractivity contribution is -0.143. The van der Waals surface area contributed by atoms with Crippen LogP contribution in [0.15, 0.2) is 30.3 Å². The molecule has 1 unspecified atom stereocenters. The molecular formula is C23H28ClN3O2. The maximum Gasteiger partial charge on any atom is 0.313 e. The number of aromatic nitrogens is 3. The molecule has 1 aromatic carbocycles. The van der Waals surface area contributed by atoms with Crippen LogP contribution in [-0.4, -0.2) is 25.7 Å². The van der Waals surface area contributed by atoms with Crippen LogP contribution in [0.3, 0.4) is 0 Å². The second-order valence-electron chi connectivity index (χ2n) is 8.86. The highest BCUT2D eigenvalue weighted by molar-refractivity contribution is 6.30. The molecule has 0 aliphatic carbocycles. The Morgan fingerprint density at radius 2 is 1.79 bits per heavy atom. The number of carboxylic acid groups (broad SMARTS) is 1. The molecule has 0 radical (unpaired) electrons. The predicted octanol–water partition coefficient (Wildman–Crippen LogP) is 5.80. The molecule has 2 aromatic heterocycles. The van der Waals surface area contributed by atoms with Crippen LogP contribution in [0.25, 0.3) is 16.9 Å². The van der Waals surface area contributed by atoms with Crippen LogP contribution in [0.1, 0.15) is 64.4 Å². The highest BCUT2D eigenvalue weighted by Crippen LogP contribution is 2.39. The fraction of sp³-hybridized carbons (Fsp3) is 0.435. The van der Waals surface area contributed by atoms with E-state index in [1.165, 1.54) is 0 Å². The Morgan fingerprint density at radius 3 is 2.31 bits per heavy atom. The number of benzene rings is 1. The molecule has 0 saturated heterocycles. The molecule has 29 heavy (non-hydrogen) atoms. The largest absolute Gasteiger partial charge is 0.481 e. The van der Waals surface area contributed by atoms with E-state index in [1.54, 1.807) is 11.4 Å². The fourth-order valence-corrected chi connectivity index (χ4v) is 3.99. The molecule has 0 bridgehead atoms. The number of carboxylic acids is 1. The number of hydrogen-bond acceptors (Lipinski definition) is 3. The molecule has 154 valence electrons. The summed E-state index contributed by atoms with van der Waals surface area (Å²) < 4.78 is 1.79. The van der Waals surface area contributed by atoms with Gasteiger partial charge in [0.15, 0.2) is 5.65 Å². The number of halogens is 1. The molecule has 2 heterocycles. The van der Waals surface area contributed by atoms with Crippen molar-refractivity contribution in [2.24, 2.45) is 0 Å². The van der Waals surface area contributed by atoms with Crippen molar-refractivity contribution in [3.05, 3.63) is 52.3 Å². The first kappa shape index (κ1) is 21.3. The van der Waals surface area contributed by atoms with Gasteiger partial charge in [0.05, 0.1) is 16.8 Å². The van der Waals surface area contributed by atoms with Crippen LogP contribution < -0.4 is 0 Å². The summed E-state index contributed by atoms with van der Waals surface area (Å²) in [4.78, 5) is 17.2. The van der Waals surface area contributed by atoms with E-state index < -0.39 is 11.4 Å². The van der Waals surface area contributed by atoms with Gasteiger partial charge in [0.2, 0.25) is 0 Å². The van der Waals surface area contributed by atoms with Gasteiger partial charge in [-0.3, -0.25) is 4.79 Å². The average molecular weight is 414 g/mol. The Hall–Kier alpha value is -2.40. The zero-order valence-corrected chi connectivity index (χ0v) is 18.6. The first-order valence-electron chi connectivity index (χ1n) is 9.89. The van der Waals surface area contributed by atoms with Gasteiger partial charge in [0, 0.05) is 33.3 Å². The van der Waals surface area contributed by atoms with Gasteiger partial charge in [-0.05, 0) is 32.4 Å². The second kappa shape index (κ2) is 7.45. The SMILES string of the molecule is CCCC(C)(C(=O)O)c1c(C)nc2cc(C(C)(C)C)nn2c1-c1ccc(Cl)cc1. The van der Waals surface area contributed by atoms with Crippen molar-refractivity contribution in [3.63, 3.8) is 0 Å². The monoisotopic (exact) mass is 413 g/mol. The quantitative estimate of drug-likeness (QED) is 0.574. The van der Waals surface area contributed by atoms with Gasteiger partial charge in [-0.15, -0.1) is 0 Å². The summed E-state index contributed by atoms with van der Waals surface area (Å²) in [6.45, 7) is 12.0. The van der Waals surface area contributed by atoms with E-state index in [9.17, 15) is 9.90 Å². The van der Waals surface area contributed by atoms with Gasteiger partial charge < -0.3 is 5.11 Å². The minimum Gasteiger partial charge on any atom is -0.481 e. The van der Waals surface area contributed by atoms with Crippen LogP contribution in [-0.2, 0) is 15.6 Å². The van der Waals surface area contributed by atoms with Crippen LogP contribution in [0.5, 0.6) is 0 Å². The molecule has 1 atom stereocenters. The highest BCUT2D eigenvalue weighted by Gasteiger charge is 2.40. The maximum absolute atomic E-state index is 12.4. The Kier molecular flexibility index (Phi) is 5.48. The van der Waals surface area contributed by atoms with Crippen molar-refractivity contribution in [2.75, 3.05) is 0 Å². The van der Waals surface area contributed by atoms with E-state index in [-0.39, 0.29) is 5.41 Å². The van der Waals surface area contributed by atoms with Crippen LogP contribution in [0.2, 0.25) is 5.02 Å². The summed E-state index contributed by atoms with van der Waals surface area (Å²) in [5.41, 5.74) is 3.42. The van der Waals surface area contributed by atoms with E-state index in [0.717, 1.165) is 23.4 Å². The van der Waals surface area contributed by atoms with E-state index in [4.69, 9.17) is 21.7 Å². The van der Waals surface area contributed by atoms with Crippen molar-refractivity contribution in [3.8, 4) is 11.3 Å².